The van der Waals surface area contributed by atoms with Gasteiger partial charge in [-0.3, -0.25) is 0 Å². The van der Waals surface area contributed by atoms with Crippen molar-refractivity contribution in [2.75, 3.05) is 18.8 Å². The highest BCUT2D eigenvalue weighted by molar-refractivity contribution is 7.89. The fourth-order valence-corrected chi connectivity index (χ4v) is 2.73. The van der Waals surface area contributed by atoms with Gasteiger partial charge in [-0.2, -0.15) is 9.57 Å². The molecule has 0 saturated heterocycles. The lowest BCUT2D eigenvalue weighted by molar-refractivity contribution is 0.480. The van der Waals surface area contributed by atoms with Gasteiger partial charge in [0.2, 0.25) is 10.0 Å². The highest BCUT2D eigenvalue weighted by Gasteiger charge is 2.20. The number of benzene rings is 1. The van der Waals surface area contributed by atoms with Crippen molar-refractivity contribution >= 4 is 10.0 Å². The summed E-state index contributed by atoms with van der Waals surface area (Å²) >= 11 is 0. The minimum atomic E-state index is -3.48. The Morgan fingerprint density at radius 1 is 1.22 bits per heavy atom. The molecule has 0 aromatic heterocycles. The monoisotopic (exact) mass is 262 g/mol. The van der Waals surface area contributed by atoms with Gasteiger partial charge >= 0.3 is 0 Å². The molecule has 18 heavy (non-hydrogen) atoms. The maximum Gasteiger partial charge on any atom is 0.216 e. The van der Waals surface area contributed by atoms with Crippen molar-refractivity contribution in [3.05, 3.63) is 35.9 Å². The minimum Gasteiger partial charge on any atom is -0.212 e. The molecular formula is C13H14N2O2S. The van der Waals surface area contributed by atoms with Gasteiger partial charge in [0, 0.05) is 0 Å². The van der Waals surface area contributed by atoms with E-state index in [1.54, 1.807) is 0 Å². The van der Waals surface area contributed by atoms with Gasteiger partial charge in [0.25, 0.3) is 0 Å². The fourth-order valence-electron chi connectivity index (χ4n) is 1.45. The molecule has 1 aromatic carbocycles. The minimum absolute atomic E-state index is 0.0413. The number of terminal acetylenes is 1. The zero-order valence-electron chi connectivity index (χ0n) is 9.91. The number of sulfonamides is 1. The summed E-state index contributed by atoms with van der Waals surface area (Å²) in [6, 6.07) is 11.1. The maximum atomic E-state index is 12.0. The summed E-state index contributed by atoms with van der Waals surface area (Å²) in [5.41, 5.74) is 0.943. The van der Waals surface area contributed by atoms with E-state index in [9.17, 15) is 8.42 Å². The van der Waals surface area contributed by atoms with Crippen LogP contribution >= 0.6 is 0 Å². The summed E-state index contributed by atoms with van der Waals surface area (Å²) in [6.45, 7) is -0.272. The van der Waals surface area contributed by atoms with E-state index in [4.69, 9.17) is 11.7 Å². The average molecular weight is 262 g/mol. The molecule has 5 heteroatoms. The van der Waals surface area contributed by atoms with Crippen molar-refractivity contribution in [1.82, 2.24) is 4.31 Å². The van der Waals surface area contributed by atoms with Crippen LogP contribution in [0.25, 0.3) is 0 Å². The molecule has 0 unspecified atom stereocenters. The molecule has 0 N–H and O–H groups in total. The third kappa shape index (κ3) is 4.21. The van der Waals surface area contributed by atoms with Crippen LogP contribution in [0.15, 0.2) is 30.3 Å². The first-order chi connectivity index (χ1) is 8.60. The lowest BCUT2D eigenvalue weighted by Gasteiger charge is -2.16. The first kappa shape index (κ1) is 14.2. The van der Waals surface area contributed by atoms with Crippen LogP contribution in [0.5, 0.6) is 0 Å². The smallest absolute Gasteiger partial charge is 0.212 e. The van der Waals surface area contributed by atoms with Crippen LogP contribution in [0.2, 0.25) is 0 Å². The number of rotatable bonds is 6. The Balaban J connectivity index is 2.69. The van der Waals surface area contributed by atoms with Crippen molar-refractivity contribution in [3.8, 4) is 18.4 Å². The zero-order valence-corrected chi connectivity index (χ0v) is 10.7. The van der Waals surface area contributed by atoms with Gasteiger partial charge in [-0.05, 0) is 12.0 Å². The van der Waals surface area contributed by atoms with E-state index in [2.05, 4.69) is 5.92 Å². The Labute approximate surface area is 108 Å². The molecule has 0 radical (unpaired) electrons. The van der Waals surface area contributed by atoms with E-state index < -0.39 is 10.0 Å². The van der Waals surface area contributed by atoms with Crippen LogP contribution < -0.4 is 0 Å². The molecule has 0 heterocycles. The molecule has 0 bridgehead atoms. The molecule has 1 rings (SSSR count). The molecule has 0 aliphatic carbocycles. The molecule has 0 saturated carbocycles. The Kier molecular flexibility index (Phi) is 5.38. The summed E-state index contributed by atoms with van der Waals surface area (Å²) in [5, 5.41) is 8.59. The molecule has 0 atom stereocenters. The maximum absolute atomic E-state index is 12.0. The van der Waals surface area contributed by atoms with Crippen molar-refractivity contribution in [3.63, 3.8) is 0 Å². The molecular weight excluding hydrogens is 248 g/mol. The quantitative estimate of drug-likeness (QED) is 0.568. The van der Waals surface area contributed by atoms with Gasteiger partial charge in [-0.25, -0.2) is 8.42 Å². The number of hydrogen-bond acceptors (Lipinski definition) is 3. The Hall–Kier alpha value is -1.82. The number of aryl methyl sites for hydroxylation is 1. The molecule has 0 fully saturated rings. The van der Waals surface area contributed by atoms with Crippen molar-refractivity contribution in [1.29, 1.82) is 5.26 Å². The third-order valence-corrected chi connectivity index (χ3v) is 4.16. The van der Waals surface area contributed by atoms with Crippen molar-refractivity contribution in [2.45, 2.75) is 6.42 Å². The van der Waals surface area contributed by atoms with E-state index in [0.717, 1.165) is 9.87 Å². The van der Waals surface area contributed by atoms with Crippen LogP contribution in [0.1, 0.15) is 5.56 Å². The first-order valence-electron chi connectivity index (χ1n) is 5.42. The fraction of sp³-hybridized carbons (Fsp3) is 0.308. The van der Waals surface area contributed by atoms with Crippen LogP contribution in [-0.2, 0) is 16.4 Å². The zero-order chi connectivity index (χ0) is 13.4. The van der Waals surface area contributed by atoms with E-state index in [1.165, 1.54) is 0 Å². The summed E-state index contributed by atoms with van der Waals surface area (Å²) in [7, 11) is -3.48. The van der Waals surface area contributed by atoms with E-state index >= 15 is 0 Å². The third-order valence-electron chi connectivity index (χ3n) is 2.40. The summed E-state index contributed by atoms with van der Waals surface area (Å²) in [5.74, 6) is 2.21. The Morgan fingerprint density at radius 3 is 2.44 bits per heavy atom. The topological polar surface area (TPSA) is 61.2 Å². The van der Waals surface area contributed by atoms with Gasteiger partial charge in [-0.15, -0.1) is 6.42 Å². The van der Waals surface area contributed by atoms with Crippen LogP contribution in [0.3, 0.4) is 0 Å². The van der Waals surface area contributed by atoms with E-state index in [1.807, 2.05) is 36.4 Å². The standard InChI is InChI=1S/C13H14N2O2S/c1-2-10-15(11-9-14)18(16,17)12-8-13-6-4-3-5-7-13/h1,3-7H,8,10-12H2. The SMILES string of the molecule is C#CCN(CC#N)S(=O)(=O)CCc1ccccc1. The molecule has 0 amide bonds. The number of nitriles is 1. The van der Waals surface area contributed by atoms with Gasteiger partial charge < -0.3 is 0 Å². The molecule has 94 valence electrons. The lowest BCUT2D eigenvalue weighted by Crippen LogP contribution is -2.34. The van der Waals surface area contributed by atoms with Crippen molar-refractivity contribution in [2.24, 2.45) is 0 Å². The molecule has 4 nitrogen and oxygen atoms in total. The molecule has 0 aliphatic rings. The summed E-state index contributed by atoms with van der Waals surface area (Å²) in [6.07, 6.45) is 5.51. The van der Waals surface area contributed by atoms with Crippen LogP contribution in [0, 0.1) is 23.7 Å². The van der Waals surface area contributed by atoms with Gasteiger partial charge in [0.15, 0.2) is 0 Å². The van der Waals surface area contributed by atoms with Gasteiger partial charge in [0.05, 0.1) is 18.4 Å². The van der Waals surface area contributed by atoms with Crippen LogP contribution in [-0.4, -0.2) is 31.6 Å². The Bertz CT molecular complexity index is 537. The second kappa shape index (κ2) is 6.80. The lowest BCUT2D eigenvalue weighted by atomic mass is 10.2. The predicted octanol–water partition coefficient (Wildman–Crippen LogP) is 1.02. The largest absolute Gasteiger partial charge is 0.216 e. The second-order valence-electron chi connectivity index (χ2n) is 3.68. The number of nitrogens with zero attached hydrogens (tertiary/aromatic N) is 2. The van der Waals surface area contributed by atoms with Gasteiger partial charge in [0.1, 0.15) is 6.54 Å². The second-order valence-corrected chi connectivity index (χ2v) is 5.77. The molecule has 1 aromatic rings. The molecule has 0 aliphatic heterocycles. The van der Waals surface area contributed by atoms with Crippen LogP contribution in [0.4, 0.5) is 0 Å². The van der Waals surface area contributed by atoms with Crippen molar-refractivity contribution < 1.29 is 8.42 Å². The predicted molar refractivity (Wildman–Crippen MR) is 70.0 cm³/mol. The van der Waals surface area contributed by atoms with Gasteiger partial charge in [-0.1, -0.05) is 36.3 Å². The highest BCUT2D eigenvalue weighted by Crippen LogP contribution is 2.06. The summed E-state index contributed by atoms with van der Waals surface area (Å²) in [4.78, 5) is 0. The normalized spacial score (nSPS) is 10.8. The van der Waals surface area contributed by atoms with E-state index in [-0.39, 0.29) is 18.8 Å². The first-order valence-corrected chi connectivity index (χ1v) is 7.03. The summed E-state index contributed by atoms with van der Waals surface area (Å²) < 4.78 is 25.0. The Morgan fingerprint density at radius 2 is 1.89 bits per heavy atom. The molecule has 0 spiro atoms. The highest BCUT2D eigenvalue weighted by atomic mass is 32.2. The average Bonchev–Trinajstić information content (AvgIpc) is 2.37. The van der Waals surface area contributed by atoms with E-state index in [0.29, 0.717) is 6.42 Å². The number of hydrogen-bond donors (Lipinski definition) is 0.